The van der Waals surface area contributed by atoms with Gasteiger partial charge in [-0.05, 0) is 55.7 Å². The summed E-state index contributed by atoms with van der Waals surface area (Å²) >= 11 is 0. The Morgan fingerprint density at radius 2 is 1.62 bits per heavy atom. The number of sulfonamides is 1. The van der Waals surface area contributed by atoms with Gasteiger partial charge >= 0.3 is 5.97 Å². The summed E-state index contributed by atoms with van der Waals surface area (Å²) in [7, 11) is -3.93. The van der Waals surface area contributed by atoms with Crippen molar-refractivity contribution in [2.24, 2.45) is 11.3 Å². The van der Waals surface area contributed by atoms with Gasteiger partial charge in [-0.1, -0.05) is 52.3 Å². The third kappa shape index (κ3) is 6.94. The molecule has 0 aliphatic carbocycles. The topological polar surface area (TPSA) is 104 Å². The molecule has 0 bridgehead atoms. The minimum absolute atomic E-state index is 0.0728. The summed E-state index contributed by atoms with van der Waals surface area (Å²) in [5, 5.41) is 20.2. The Labute approximate surface area is 175 Å². The van der Waals surface area contributed by atoms with E-state index in [1.54, 1.807) is 46.8 Å². The van der Waals surface area contributed by atoms with Crippen molar-refractivity contribution in [3.8, 4) is 0 Å². The Bertz CT molecular complexity index is 856. The van der Waals surface area contributed by atoms with Crippen molar-refractivity contribution in [3.05, 3.63) is 40.5 Å². The van der Waals surface area contributed by atoms with E-state index in [4.69, 9.17) is 0 Å². The Balaban J connectivity index is 3.39. The molecular formula is C22H35NO5S. The van der Waals surface area contributed by atoms with Gasteiger partial charge < -0.3 is 10.2 Å². The van der Waals surface area contributed by atoms with Crippen LogP contribution in [0.2, 0.25) is 0 Å². The normalized spacial score (nSPS) is 15.4. The first-order valence-electron chi connectivity index (χ1n) is 9.78. The van der Waals surface area contributed by atoms with Gasteiger partial charge in [0.05, 0.1) is 17.0 Å². The van der Waals surface area contributed by atoms with Crippen LogP contribution in [0.4, 0.5) is 0 Å². The number of aliphatic hydroxyl groups is 1. The molecule has 3 N–H and O–H groups in total. The van der Waals surface area contributed by atoms with Crippen LogP contribution in [0.25, 0.3) is 0 Å². The van der Waals surface area contributed by atoms with E-state index in [9.17, 15) is 23.4 Å². The van der Waals surface area contributed by atoms with Crippen molar-refractivity contribution in [1.82, 2.24) is 4.72 Å². The van der Waals surface area contributed by atoms with Gasteiger partial charge in [0.2, 0.25) is 10.0 Å². The summed E-state index contributed by atoms with van der Waals surface area (Å²) in [4.78, 5) is 11.7. The van der Waals surface area contributed by atoms with Crippen LogP contribution < -0.4 is 4.72 Å². The molecule has 29 heavy (non-hydrogen) atoms. The first-order chi connectivity index (χ1) is 13.1. The minimum Gasteiger partial charge on any atom is -0.478 e. The number of aliphatic hydroxyl groups excluding tert-OH is 1. The number of carboxylic acid groups (broad SMARTS) is 1. The highest BCUT2D eigenvalue weighted by Gasteiger charge is 2.35. The number of aryl methyl sites for hydroxylation is 3. The van der Waals surface area contributed by atoms with Crippen LogP contribution in [-0.2, 0) is 14.8 Å². The van der Waals surface area contributed by atoms with E-state index in [-0.39, 0.29) is 22.8 Å². The first kappa shape index (κ1) is 25.3. The SMILES string of the molecule is Cc1cc(C)c(S(=O)(=O)NC([C@H](O)/C=C(\CC(C)C)C(=O)O)C(C)(C)C)c(C)c1. The van der Waals surface area contributed by atoms with Gasteiger partial charge in [0.25, 0.3) is 0 Å². The fourth-order valence-electron chi connectivity index (χ4n) is 3.54. The fourth-order valence-corrected chi connectivity index (χ4v) is 5.46. The third-order valence-electron chi connectivity index (χ3n) is 4.70. The van der Waals surface area contributed by atoms with E-state index in [2.05, 4.69) is 4.72 Å². The largest absolute Gasteiger partial charge is 0.478 e. The van der Waals surface area contributed by atoms with Gasteiger partial charge in [0.15, 0.2) is 0 Å². The van der Waals surface area contributed by atoms with Crippen molar-refractivity contribution in [2.45, 2.75) is 78.9 Å². The van der Waals surface area contributed by atoms with E-state index in [1.807, 2.05) is 20.8 Å². The Kier molecular flexibility index (Phi) is 8.22. The van der Waals surface area contributed by atoms with E-state index in [0.717, 1.165) is 5.56 Å². The molecule has 0 radical (unpaired) electrons. The molecule has 0 aliphatic rings. The van der Waals surface area contributed by atoms with Crippen LogP contribution in [0.15, 0.2) is 28.7 Å². The lowest BCUT2D eigenvalue weighted by molar-refractivity contribution is -0.133. The molecule has 1 unspecified atom stereocenters. The zero-order valence-electron chi connectivity index (χ0n) is 18.7. The minimum atomic E-state index is -3.93. The summed E-state index contributed by atoms with van der Waals surface area (Å²) in [5.74, 6) is -1.02. The van der Waals surface area contributed by atoms with Crippen LogP contribution in [0.1, 0.15) is 57.7 Å². The van der Waals surface area contributed by atoms with Gasteiger partial charge in [-0.2, -0.15) is 0 Å². The summed E-state index contributed by atoms with van der Waals surface area (Å²) in [6.45, 7) is 14.5. The molecule has 0 heterocycles. The number of carbonyl (C=O) groups is 1. The molecule has 0 saturated carbocycles. The standard InChI is InChI=1S/C22H35NO5S/c1-13(2)9-17(21(25)26)12-18(24)20(22(6,7)8)23-29(27,28)19-15(4)10-14(3)11-16(19)5/h10-13,18,20,23-24H,9H2,1-8H3,(H,25,26)/b17-12+/t18-,20?/m1/s1. The molecule has 164 valence electrons. The quantitative estimate of drug-likeness (QED) is 0.551. The molecule has 1 rings (SSSR count). The van der Waals surface area contributed by atoms with Crippen molar-refractivity contribution in [3.63, 3.8) is 0 Å². The highest BCUT2D eigenvalue weighted by molar-refractivity contribution is 7.89. The van der Waals surface area contributed by atoms with Crippen LogP contribution in [0, 0.1) is 32.1 Å². The third-order valence-corrected chi connectivity index (χ3v) is 6.45. The predicted octanol–water partition coefficient (Wildman–Crippen LogP) is 3.72. The Morgan fingerprint density at radius 1 is 1.14 bits per heavy atom. The first-order valence-corrected chi connectivity index (χ1v) is 11.3. The lowest BCUT2D eigenvalue weighted by atomic mass is 9.83. The van der Waals surface area contributed by atoms with E-state index in [0.29, 0.717) is 11.1 Å². The zero-order chi connectivity index (χ0) is 22.7. The maximum absolute atomic E-state index is 13.2. The summed E-state index contributed by atoms with van der Waals surface area (Å²) < 4.78 is 29.0. The van der Waals surface area contributed by atoms with E-state index in [1.165, 1.54) is 6.08 Å². The molecule has 0 aromatic heterocycles. The molecule has 1 aromatic rings. The second-order valence-electron chi connectivity index (χ2n) is 9.28. The van der Waals surface area contributed by atoms with Gasteiger partial charge in [-0.3, -0.25) is 0 Å². The highest BCUT2D eigenvalue weighted by Crippen LogP contribution is 2.28. The van der Waals surface area contributed by atoms with Crippen molar-refractivity contribution >= 4 is 16.0 Å². The fraction of sp³-hybridized carbons (Fsp3) is 0.591. The molecule has 0 amide bonds. The molecule has 6 nitrogen and oxygen atoms in total. The molecule has 0 fully saturated rings. The maximum atomic E-state index is 13.2. The van der Waals surface area contributed by atoms with Crippen LogP contribution in [-0.4, -0.2) is 36.7 Å². The number of carboxylic acids is 1. The zero-order valence-corrected chi connectivity index (χ0v) is 19.5. The van der Waals surface area contributed by atoms with Gasteiger partial charge in [0.1, 0.15) is 0 Å². The van der Waals surface area contributed by atoms with Gasteiger partial charge in [-0.25, -0.2) is 17.9 Å². The maximum Gasteiger partial charge on any atom is 0.331 e. The van der Waals surface area contributed by atoms with Crippen molar-refractivity contribution < 1.29 is 23.4 Å². The number of hydrogen-bond acceptors (Lipinski definition) is 4. The molecule has 1 aromatic carbocycles. The van der Waals surface area contributed by atoms with Crippen LogP contribution in [0.5, 0.6) is 0 Å². The smallest absolute Gasteiger partial charge is 0.331 e. The van der Waals surface area contributed by atoms with E-state index >= 15 is 0 Å². The lowest BCUT2D eigenvalue weighted by Crippen LogP contribution is -2.50. The van der Waals surface area contributed by atoms with Gasteiger partial charge in [0, 0.05) is 5.57 Å². The lowest BCUT2D eigenvalue weighted by Gasteiger charge is -2.34. The monoisotopic (exact) mass is 425 g/mol. The summed E-state index contributed by atoms with van der Waals surface area (Å²) in [5.41, 5.74) is 1.63. The average Bonchev–Trinajstić information content (AvgIpc) is 2.48. The van der Waals surface area contributed by atoms with Crippen LogP contribution in [0.3, 0.4) is 0 Å². The number of nitrogens with one attached hydrogen (secondary N) is 1. The van der Waals surface area contributed by atoms with Crippen molar-refractivity contribution in [1.29, 1.82) is 0 Å². The summed E-state index contributed by atoms with van der Waals surface area (Å²) in [6.07, 6.45) is 0.252. The molecule has 0 spiro atoms. The molecule has 0 aliphatic heterocycles. The van der Waals surface area contributed by atoms with E-state index < -0.39 is 33.6 Å². The Morgan fingerprint density at radius 3 is 2.00 bits per heavy atom. The second-order valence-corrected chi connectivity index (χ2v) is 10.9. The number of aliphatic carboxylic acids is 1. The van der Waals surface area contributed by atoms with Gasteiger partial charge in [-0.15, -0.1) is 0 Å². The Hall–Kier alpha value is -1.70. The average molecular weight is 426 g/mol. The molecule has 0 saturated heterocycles. The highest BCUT2D eigenvalue weighted by atomic mass is 32.2. The van der Waals surface area contributed by atoms with Crippen molar-refractivity contribution in [2.75, 3.05) is 0 Å². The number of hydrogen-bond donors (Lipinski definition) is 3. The molecule has 2 atom stereocenters. The molecular weight excluding hydrogens is 390 g/mol. The molecule has 7 heteroatoms. The second kappa shape index (κ2) is 9.41. The predicted molar refractivity (Wildman–Crippen MR) is 115 cm³/mol. The van der Waals surface area contributed by atoms with Crippen LogP contribution >= 0.6 is 0 Å². The number of rotatable bonds is 8. The number of benzene rings is 1. The summed E-state index contributed by atoms with van der Waals surface area (Å²) in [6, 6.07) is 2.69.